The number of nitrogens with one attached hydrogen (secondary N) is 1. The van der Waals surface area contributed by atoms with Gasteiger partial charge in [-0.3, -0.25) is 10.1 Å². The Morgan fingerprint density at radius 3 is 2.43 bits per heavy atom. The summed E-state index contributed by atoms with van der Waals surface area (Å²) >= 11 is 1.36. The highest BCUT2D eigenvalue weighted by atomic mass is 32.1. The van der Waals surface area contributed by atoms with Crippen molar-refractivity contribution in [3.05, 3.63) is 78.1 Å². The Balaban J connectivity index is 1.45. The van der Waals surface area contributed by atoms with Gasteiger partial charge in [0.2, 0.25) is 5.13 Å². The third kappa shape index (κ3) is 3.84. The molecule has 0 saturated heterocycles. The summed E-state index contributed by atoms with van der Waals surface area (Å²) < 4.78 is 1.74. The molecule has 2 aromatic carbocycles. The van der Waals surface area contributed by atoms with Crippen LogP contribution in [-0.4, -0.2) is 25.9 Å². The maximum atomic E-state index is 12.5. The van der Waals surface area contributed by atoms with Gasteiger partial charge in [-0.2, -0.15) is 5.10 Å². The quantitative estimate of drug-likeness (QED) is 0.534. The average Bonchev–Trinajstić information content (AvgIpc) is 3.40. The van der Waals surface area contributed by atoms with Crippen molar-refractivity contribution >= 4 is 22.4 Å². The monoisotopic (exact) mass is 389 g/mol. The molecule has 1 amide bonds. The number of nitrogens with zero attached hydrogens (tertiary/aromatic N) is 4. The molecule has 0 aliphatic heterocycles. The van der Waals surface area contributed by atoms with Crippen molar-refractivity contribution < 1.29 is 4.79 Å². The maximum absolute atomic E-state index is 12.5. The molecule has 0 saturated carbocycles. The van der Waals surface area contributed by atoms with Crippen LogP contribution in [0.3, 0.4) is 0 Å². The molecule has 0 fully saturated rings. The molecule has 0 spiro atoms. The number of carbonyl (C=O) groups excluding carboxylic acids is 1. The number of anilines is 1. The second kappa shape index (κ2) is 7.74. The largest absolute Gasteiger partial charge is 0.296 e. The summed E-state index contributed by atoms with van der Waals surface area (Å²) in [5.74, 6) is 0.267. The van der Waals surface area contributed by atoms with E-state index in [2.05, 4.69) is 46.6 Å². The van der Waals surface area contributed by atoms with Crippen LogP contribution in [0.1, 0.15) is 35.7 Å². The molecule has 28 heavy (non-hydrogen) atoms. The number of hydrogen-bond acceptors (Lipinski definition) is 5. The molecule has 6 nitrogen and oxygen atoms in total. The molecule has 0 unspecified atom stereocenters. The summed E-state index contributed by atoms with van der Waals surface area (Å²) in [7, 11) is 0. The molecule has 140 valence electrons. The molecule has 2 aromatic heterocycles. The van der Waals surface area contributed by atoms with E-state index in [0.717, 1.165) is 16.3 Å². The molecule has 2 heterocycles. The highest BCUT2D eigenvalue weighted by molar-refractivity contribution is 7.18. The Kier molecular flexibility index (Phi) is 4.99. The van der Waals surface area contributed by atoms with Crippen LogP contribution in [0.25, 0.3) is 16.3 Å². The Labute approximate surface area is 166 Å². The van der Waals surface area contributed by atoms with Crippen LogP contribution in [0.2, 0.25) is 0 Å². The van der Waals surface area contributed by atoms with E-state index in [0.29, 0.717) is 16.6 Å². The molecule has 1 N–H and O–H groups in total. The van der Waals surface area contributed by atoms with Crippen molar-refractivity contribution in [3.63, 3.8) is 0 Å². The van der Waals surface area contributed by atoms with Gasteiger partial charge in [0.25, 0.3) is 5.91 Å². The third-order valence-electron chi connectivity index (χ3n) is 4.37. The minimum atomic E-state index is -0.218. The molecule has 4 rings (SSSR count). The van der Waals surface area contributed by atoms with Crippen LogP contribution in [0, 0.1) is 0 Å². The minimum absolute atomic E-state index is 0.218. The van der Waals surface area contributed by atoms with Gasteiger partial charge < -0.3 is 0 Å². The average molecular weight is 389 g/mol. The predicted molar refractivity (Wildman–Crippen MR) is 111 cm³/mol. The first-order valence-electron chi connectivity index (χ1n) is 8.95. The lowest BCUT2D eigenvalue weighted by molar-refractivity contribution is 0.102. The summed E-state index contributed by atoms with van der Waals surface area (Å²) in [5.41, 5.74) is 3.71. The van der Waals surface area contributed by atoms with E-state index in [-0.39, 0.29) is 5.91 Å². The SMILES string of the molecule is CC(C)c1ccc(-c2nnc(NC(=O)c3ccc(-n4cccn4)cc3)s2)cc1. The lowest BCUT2D eigenvalue weighted by Gasteiger charge is -2.05. The normalized spacial score (nSPS) is 11.0. The van der Waals surface area contributed by atoms with Crippen LogP contribution >= 0.6 is 11.3 Å². The molecule has 0 aliphatic rings. The van der Waals surface area contributed by atoms with Crippen LogP contribution < -0.4 is 5.32 Å². The number of hydrogen-bond donors (Lipinski definition) is 1. The summed E-state index contributed by atoms with van der Waals surface area (Å²) in [4.78, 5) is 12.5. The van der Waals surface area contributed by atoms with Gasteiger partial charge in [0.05, 0.1) is 5.69 Å². The van der Waals surface area contributed by atoms with Crippen molar-refractivity contribution in [2.45, 2.75) is 19.8 Å². The molecule has 4 aromatic rings. The van der Waals surface area contributed by atoms with E-state index in [1.807, 2.05) is 36.5 Å². The highest BCUT2D eigenvalue weighted by Gasteiger charge is 2.12. The van der Waals surface area contributed by atoms with Gasteiger partial charge in [0.15, 0.2) is 0 Å². The number of benzene rings is 2. The first kappa shape index (κ1) is 18.1. The van der Waals surface area contributed by atoms with Crippen LogP contribution in [0.4, 0.5) is 5.13 Å². The van der Waals surface area contributed by atoms with Crippen molar-refractivity contribution in [2.24, 2.45) is 0 Å². The van der Waals surface area contributed by atoms with Crippen molar-refractivity contribution in [2.75, 3.05) is 5.32 Å². The zero-order valence-electron chi connectivity index (χ0n) is 15.5. The molecule has 0 radical (unpaired) electrons. The molecule has 0 aliphatic carbocycles. The van der Waals surface area contributed by atoms with E-state index < -0.39 is 0 Å². The molecule has 7 heteroatoms. The number of rotatable bonds is 5. The topological polar surface area (TPSA) is 72.7 Å². The molecule has 0 bridgehead atoms. The lowest BCUT2D eigenvalue weighted by Crippen LogP contribution is -2.11. The van der Waals surface area contributed by atoms with E-state index in [4.69, 9.17) is 0 Å². The van der Waals surface area contributed by atoms with Gasteiger partial charge in [-0.1, -0.05) is 49.4 Å². The van der Waals surface area contributed by atoms with Gasteiger partial charge in [-0.05, 0) is 41.8 Å². The van der Waals surface area contributed by atoms with Crippen LogP contribution in [-0.2, 0) is 0 Å². The molecule has 0 atom stereocenters. The molecular formula is C21H19N5OS. The fourth-order valence-electron chi connectivity index (χ4n) is 2.76. The number of carbonyl (C=O) groups is 1. The minimum Gasteiger partial charge on any atom is -0.296 e. The summed E-state index contributed by atoms with van der Waals surface area (Å²) in [6.07, 6.45) is 3.57. The van der Waals surface area contributed by atoms with E-state index >= 15 is 0 Å². The lowest BCUT2D eigenvalue weighted by atomic mass is 10.0. The highest BCUT2D eigenvalue weighted by Crippen LogP contribution is 2.28. The van der Waals surface area contributed by atoms with E-state index in [9.17, 15) is 4.79 Å². The Hall–Kier alpha value is -3.32. The summed E-state index contributed by atoms with van der Waals surface area (Å²) in [5, 5.41) is 16.5. The van der Waals surface area contributed by atoms with Crippen LogP contribution in [0.5, 0.6) is 0 Å². The third-order valence-corrected chi connectivity index (χ3v) is 5.26. The first-order chi connectivity index (χ1) is 13.6. The number of aromatic nitrogens is 4. The molecular weight excluding hydrogens is 370 g/mol. The van der Waals surface area contributed by atoms with Gasteiger partial charge in [0, 0.05) is 23.5 Å². The van der Waals surface area contributed by atoms with Crippen molar-refractivity contribution in [1.82, 2.24) is 20.0 Å². The second-order valence-corrected chi connectivity index (χ2v) is 7.62. The second-order valence-electron chi connectivity index (χ2n) is 6.64. The van der Waals surface area contributed by atoms with Crippen LogP contribution in [0.15, 0.2) is 67.0 Å². The fraction of sp³-hybridized carbons (Fsp3) is 0.143. The Bertz CT molecular complexity index is 1070. The Morgan fingerprint density at radius 1 is 1.04 bits per heavy atom. The predicted octanol–water partition coefficient (Wildman–Crippen LogP) is 4.77. The zero-order chi connectivity index (χ0) is 19.5. The zero-order valence-corrected chi connectivity index (χ0v) is 16.4. The number of amides is 1. The summed E-state index contributed by atoms with van der Waals surface area (Å²) in [6.45, 7) is 4.32. The Morgan fingerprint density at radius 2 is 1.79 bits per heavy atom. The van der Waals surface area contributed by atoms with Gasteiger partial charge in [-0.15, -0.1) is 10.2 Å². The van der Waals surface area contributed by atoms with E-state index in [1.165, 1.54) is 16.9 Å². The summed E-state index contributed by atoms with van der Waals surface area (Å²) in [6, 6.07) is 17.3. The fourth-order valence-corrected chi connectivity index (χ4v) is 3.50. The van der Waals surface area contributed by atoms with Gasteiger partial charge in [-0.25, -0.2) is 4.68 Å². The van der Waals surface area contributed by atoms with E-state index in [1.54, 1.807) is 23.0 Å². The van der Waals surface area contributed by atoms with Crippen molar-refractivity contribution in [3.8, 4) is 16.3 Å². The maximum Gasteiger partial charge on any atom is 0.257 e. The van der Waals surface area contributed by atoms with Crippen molar-refractivity contribution in [1.29, 1.82) is 0 Å². The first-order valence-corrected chi connectivity index (χ1v) is 9.77. The standard InChI is InChI=1S/C21H19N5OS/c1-14(2)15-4-6-17(7-5-15)20-24-25-21(28-20)23-19(27)16-8-10-18(11-9-16)26-13-3-12-22-26/h3-14H,1-2H3,(H,23,25,27). The smallest absolute Gasteiger partial charge is 0.257 e. The van der Waals surface area contributed by atoms with Gasteiger partial charge >= 0.3 is 0 Å². The van der Waals surface area contributed by atoms with Gasteiger partial charge in [0.1, 0.15) is 5.01 Å².